The Morgan fingerprint density at radius 3 is 2.65 bits per heavy atom. The number of nitrogens with one attached hydrogen (secondary N) is 2. The molecule has 0 aliphatic heterocycles. The molecule has 0 radical (unpaired) electrons. The van der Waals surface area contributed by atoms with Gasteiger partial charge < -0.3 is 15.2 Å². The molecule has 0 bridgehead atoms. The molecule has 0 aliphatic carbocycles. The molecule has 26 heavy (non-hydrogen) atoms. The quantitative estimate of drug-likeness (QED) is 0.728. The number of rotatable bonds is 7. The van der Waals surface area contributed by atoms with E-state index in [0.29, 0.717) is 5.13 Å². The van der Waals surface area contributed by atoms with Gasteiger partial charge >= 0.3 is 0 Å². The smallest absolute Gasteiger partial charge is 0.248 e. The SMILES string of the molecule is C=CCn1c(C)cc(-c2csc(NC(=O)[C@@H](NC(C)=O)C(C)C)n2)c1C. The molecule has 0 aromatic carbocycles. The number of aromatic nitrogens is 2. The number of anilines is 1. The summed E-state index contributed by atoms with van der Waals surface area (Å²) < 4.78 is 2.17. The maximum Gasteiger partial charge on any atom is 0.248 e. The second-order valence-corrected chi connectivity index (χ2v) is 7.49. The van der Waals surface area contributed by atoms with Crippen molar-refractivity contribution in [3.05, 3.63) is 35.5 Å². The summed E-state index contributed by atoms with van der Waals surface area (Å²) in [6, 6.07) is 1.51. The number of nitrogens with zero attached hydrogens (tertiary/aromatic N) is 2. The summed E-state index contributed by atoms with van der Waals surface area (Å²) in [5.41, 5.74) is 4.13. The van der Waals surface area contributed by atoms with E-state index in [4.69, 9.17) is 0 Å². The molecule has 0 spiro atoms. The number of carbonyl (C=O) groups excluding carboxylic acids is 2. The number of allylic oxidation sites excluding steroid dienone is 1. The molecule has 2 N–H and O–H groups in total. The van der Waals surface area contributed by atoms with Gasteiger partial charge in [-0.25, -0.2) is 4.98 Å². The molecule has 0 aliphatic rings. The van der Waals surface area contributed by atoms with Crippen molar-refractivity contribution in [3.8, 4) is 11.3 Å². The highest BCUT2D eigenvalue weighted by Gasteiger charge is 2.24. The lowest BCUT2D eigenvalue weighted by molar-refractivity contribution is -0.126. The van der Waals surface area contributed by atoms with Crippen LogP contribution in [0.15, 0.2) is 24.1 Å². The average Bonchev–Trinajstić information content (AvgIpc) is 3.11. The molecule has 0 unspecified atom stereocenters. The zero-order chi connectivity index (χ0) is 19.4. The largest absolute Gasteiger partial charge is 0.345 e. The van der Waals surface area contributed by atoms with Gasteiger partial charge in [-0.1, -0.05) is 19.9 Å². The van der Waals surface area contributed by atoms with Gasteiger partial charge in [0.2, 0.25) is 11.8 Å². The van der Waals surface area contributed by atoms with Crippen LogP contribution in [0, 0.1) is 19.8 Å². The van der Waals surface area contributed by atoms with Crippen molar-refractivity contribution < 1.29 is 9.59 Å². The number of amides is 2. The summed E-state index contributed by atoms with van der Waals surface area (Å²) in [5.74, 6) is -0.502. The van der Waals surface area contributed by atoms with Crippen molar-refractivity contribution in [2.24, 2.45) is 5.92 Å². The summed E-state index contributed by atoms with van der Waals surface area (Å²) in [6.45, 7) is 13.8. The van der Waals surface area contributed by atoms with E-state index in [-0.39, 0.29) is 17.7 Å². The van der Waals surface area contributed by atoms with Gasteiger partial charge in [0.1, 0.15) is 6.04 Å². The number of thiazole rings is 1. The van der Waals surface area contributed by atoms with Crippen LogP contribution in [0.5, 0.6) is 0 Å². The maximum atomic E-state index is 12.5. The molecule has 1 atom stereocenters. The molecule has 0 fully saturated rings. The van der Waals surface area contributed by atoms with E-state index < -0.39 is 6.04 Å². The normalized spacial score (nSPS) is 12.1. The summed E-state index contributed by atoms with van der Waals surface area (Å²) in [6.07, 6.45) is 1.87. The standard InChI is InChI=1S/C19H26N4O2S/c1-7-8-23-12(4)9-15(13(23)5)16-10-26-19(21-16)22-18(25)17(11(2)3)20-14(6)24/h7,9-11,17H,1,8H2,2-6H3,(H,20,24)(H,21,22,25)/t17-/m0/s1. The molecular weight excluding hydrogens is 348 g/mol. The van der Waals surface area contributed by atoms with Crippen LogP contribution in [0.2, 0.25) is 0 Å². The Bertz CT molecular complexity index is 820. The third kappa shape index (κ3) is 4.40. The lowest BCUT2D eigenvalue weighted by atomic mass is 10.0. The Hall–Kier alpha value is -2.41. The van der Waals surface area contributed by atoms with E-state index in [1.807, 2.05) is 25.3 Å². The molecule has 2 amide bonds. The number of aryl methyl sites for hydroxylation is 1. The van der Waals surface area contributed by atoms with Gasteiger partial charge in [0.15, 0.2) is 5.13 Å². The van der Waals surface area contributed by atoms with Gasteiger partial charge in [-0.05, 0) is 25.8 Å². The van der Waals surface area contributed by atoms with Crippen LogP contribution >= 0.6 is 11.3 Å². The third-order valence-electron chi connectivity index (χ3n) is 4.20. The van der Waals surface area contributed by atoms with E-state index in [1.54, 1.807) is 0 Å². The predicted molar refractivity (Wildman–Crippen MR) is 106 cm³/mol. The molecular formula is C19H26N4O2S. The van der Waals surface area contributed by atoms with Crippen molar-refractivity contribution in [1.82, 2.24) is 14.9 Å². The minimum Gasteiger partial charge on any atom is -0.345 e. The summed E-state index contributed by atoms with van der Waals surface area (Å²) in [4.78, 5) is 28.3. The monoisotopic (exact) mass is 374 g/mol. The zero-order valence-electron chi connectivity index (χ0n) is 15.9. The predicted octanol–water partition coefficient (Wildman–Crippen LogP) is 3.51. The maximum absolute atomic E-state index is 12.5. The van der Waals surface area contributed by atoms with E-state index in [0.717, 1.165) is 29.2 Å². The molecule has 6 nitrogen and oxygen atoms in total. The van der Waals surface area contributed by atoms with Gasteiger partial charge in [0.25, 0.3) is 0 Å². The molecule has 2 aromatic rings. The molecule has 2 rings (SSSR count). The first-order valence-corrected chi connectivity index (χ1v) is 9.44. The first-order valence-electron chi connectivity index (χ1n) is 8.56. The van der Waals surface area contributed by atoms with Crippen molar-refractivity contribution in [3.63, 3.8) is 0 Å². The van der Waals surface area contributed by atoms with Crippen LogP contribution < -0.4 is 10.6 Å². The minimum absolute atomic E-state index is 0.0174. The second-order valence-electron chi connectivity index (χ2n) is 6.63. The van der Waals surface area contributed by atoms with E-state index >= 15 is 0 Å². The fourth-order valence-corrected chi connectivity index (χ4v) is 3.58. The van der Waals surface area contributed by atoms with Crippen LogP contribution in [0.1, 0.15) is 32.2 Å². The summed E-state index contributed by atoms with van der Waals surface area (Å²) in [7, 11) is 0. The number of hydrogen-bond acceptors (Lipinski definition) is 4. The van der Waals surface area contributed by atoms with Crippen molar-refractivity contribution >= 4 is 28.3 Å². The number of hydrogen-bond donors (Lipinski definition) is 2. The van der Waals surface area contributed by atoms with E-state index in [1.165, 1.54) is 18.3 Å². The highest BCUT2D eigenvalue weighted by Crippen LogP contribution is 2.30. The average molecular weight is 375 g/mol. The lowest BCUT2D eigenvalue weighted by Gasteiger charge is -2.20. The summed E-state index contributed by atoms with van der Waals surface area (Å²) in [5, 5.41) is 7.95. The Labute approximate surface area is 158 Å². The van der Waals surface area contributed by atoms with Crippen molar-refractivity contribution in [1.29, 1.82) is 0 Å². The van der Waals surface area contributed by atoms with Crippen molar-refractivity contribution in [2.45, 2.75) is 47.2 Å². The van der Waals surface area contributed by atoms with Crippen LogP contribution in [-0.2, 0) is 16.1 Å². The Kier molecular flexibility index (Phi) is 6.37. The first-order chi connectivity index (χ1) is 12.2. The van der Waals surface area contributed by atoms with Crippen LogP contribution in [0.3, 0.4) is 0 Å². The third-order valence-corrected chi connectivity index (χ3v) is 4.96. The zero-order valence-corrected chi connectivity index (χ0v) is 16.7. The van der Waals surface area contributed by atoms with Gasteiger partial charge in [0.05, 0.1) is 5.69 Å². The highest BCUT2D eigenvalue weighted by atomic mass is 32.1. The second kappa shape index (κ2) is 8.31. The van der Waals surface area contributed by atoms with Crippen LogP contribution in [0.25, 0.3) is 11.3 Å². The molecule has 140 valence electrons. The van der Waals surface area contributed by atoms with Gasteiger partial charge in [-0.15, -0.1) is 17.9 Å². The Morgan fingerprint density at radius 1 is 1.38 bits per heavy atom. The van der Waals surface area contributed by atoms with Crippen LogP contribution in [0.4, 0.5) is 5.13 Å². The van der Waals surface area contributed by atoms with Gasteiger partial charge in [-0.2, -0.15) is 0 Å². The lowest BCUT2D eigenvalue weighted by Crippen LogP contribution is -2.46. The van der Waals surface area contributed by atoms with Gasteiger partial charge in [-0.3, -0.25) is 9.59 Å². The Morgan fingerprint density at radius 2 is 2.08 bits per heavy atom. The fourth-order valence-electron chi connectivity index (χ4n) is 2.86. The minimum atomic E-state index is -0.586. The number of carbonyl (C=O) groups is 2. The molecule has 0 saturated carbocycles. The molecule has 0 saturated heterocycles. The first kappa shape index (κ1) is 19.9. The molecule has 7 heteroatoms. The van der Waals surface area contributed by atoms with E-state index in [9.17, 15) is 9.59 Å². The van der Waals surface area contributed by atoms with E-state index in [2.05, 4.69) is 46.7 Å². The van der Waals surface area contributed by atoms with Crippen LogP contribution in [-0.4, -0.2) is 27.4 Å². The van der Waals surface area contributed by atoms with Crippen molar-refractivity contribution in [2.75, 3.05) is 5.32 Å². The summed E-state index contributed by atoms with van der Waals surface area (Å²) >= 11 is 1.37. The molecule has 2 aromatic heterocycles. The topological polar surface area (TPSA) is 76.0 Å². The fraction of sp³-hybridized carbons (Fsp3) is 0.421. The Balaban J connectivity index is 2.20. The molecule has 2 heterocycles. The highest BCUT2D eigenvalue weighted by molar-refractivity contribution is 7.14. The van der Waals surface area contributed by atoms with Gasteiger partial charge in [0, 0.05) is 35.8 Å².